The van der Waals surface area contributed by atoms with E-state index in [9.17, 15) is 4.79 Å². The van der Waals surface area contributed by atoms with Crippen molar-refractivity contribution < 1.29 is 19.1 Å². The molecule has 2 aromatic rings. The van der Waals surface area contributed by atoms with Gasteiger partial charge in [0.25, 0.3) is 0 Å². The van der Waals surface area contributed by atoms with Gasteiger partial charge in [0.05, 0.1) is 12.7 Å². The molecule has 0 saturated heterocycles. The van der Waals surface area contributed by atoms with E-state index in [0.717, 1.165) is 27.8 Å². The maximum atomic E-state index is 10.9. The summed E-state index contributed by atoms with van der Waals surface area (Å²) in [6, 6.07) is 9.62. The standard InChI is InChI=1S/C15H13NO4/c1-9(17)20-16-13-8-19-14-6-3-10-7-11(18-2)4-5-12(10)15(13)14/h3-7H,8H2,1-2H3. The number of hydrogen-bond acceptors (Lipinski definition) is 5. The number of nitrogens with zero attached hydrogens (tertiary/aromatic N) is 1. The first-order valence-corrected chi connectivity index (χ1v) is 6.17. The topological polar surface area (TPSA) is 57.1 Å². The Morgan fingerprint density at radius 2 is 2.15 bits per heavy atom. The van der Waals surface area contributed by atoms with Crippen LogP contribution in [0, 0.1) is 0 Å². The van der Waals surface area contributed by atoms with Crippen molar-refractivity contribution in [3.05, 3.63) is 35.9 Å². The molecule has 102 valence electrons. The fourth-order valence-corrected chi connectivity index (χ4v) is 2.24. The lowest BCUT2D eigenvalue weighted by Gasteiger charge is -2.06. The SMILES string of the molecule is COc1ccc2c3c(ccc2c1)OCC3=NOC(C)=O. The molecule has 5 heteroatoms. The summed E-state index contributed by atoms with van der Waals surface area (Å²) in [6.45, 7) is 1.61. The Balaban J connectivity index is 2.14. The normalized spacial score (nSPS) is 15.0. The van der Waals surface area contributed by atoms with E-state index >= 15 is 0 Å². The van der Waals surface area contributed by atoms with Crippen LogP contribution in [0.5, 0.6) is 11.5 Å². The molecule has 3 rings (SSSR count). The zero-order valence-electron chi connectivity index (χ0n) is 11.2. The summed E-state index contributed by atoms with van der Waals surface area (Å²) in [6.07, 6.45) is 0. The third-order valence-corrected chi connectivity index (χ3v) is 3.13. The molecule has 0 unspecified atom stereocenters. The van der Waals surface area contributed by atoms with Crippen LogP contribution in [0.15, 0.2) is 35.5 Å². The maximum Gasteiger partial charge on any atom is 0.331 e. The van der Waals surface area contributed by atoms with Crippen molar-refractivity contribution in [3.63, 3.8) is 0 Å². The monoisotopic (exact) mass is 271 g/mol. The molecule has 1 heterocycles. The van der Waals surface area contributed by atoms with Crippen LogP contribution in [0.3, 0.4) is 0 Å². The first-order valence-electron chi connectivity index (χ1n) is 6.17. The lowest BCUT2D eigenvalue weighted by Crippen LogP contribution is -2.05. The smallest absolute Gasteiger partial charge is 0.331 e. The van der Waals surface area contributed by atoms with E-state index in [4.69, 9.17) is 14.3 Å². The molecular formula is C15H13NO4. The fraction of sp³-hybridized carbons (Fsp3) is 0.200. The van der Waals surface area contributed by atoms with E-state index in [1.165, 1.54) is 6.92 Å². The Kier molecular flexibility index (Phi) is 3.02. The number of rotatable bonds is 2. The number of hydrogen-bond donors (Lipinski definition) is 0. The summed E-state index contributed by atoms with van der Waals surface area (Å²) in [4.78, 5) is 15.6. The summed E-state index contributed by atoms with van der Waals surface area (Å²) >= 11 is 0. The van der Waals surface area contributed by atoms with E-state index in [0.29, 0.717) is 12.3 Å². The second kappa shape index (κ2) is 4.85. The number of fused-ring (bicyclic) bond motifs is 3. The molecule has 0 aromatic heterocycles. The molecule has 5 nitrogen and oxygen atoms in total. The van der Waals surface area contributed by atoms with Crippen LogP contribution in [0.2, 0.25) is 0 Å². The Morgan fingerprint density at radius 1 is 1.30 bits per heavy atom. The van der Waals surface area contributed by atoms with E-state index in [1.54, 1.807) is 7.11 Å². The predicted octanol–water partition coefficient (Wildman–Crippen LogP) is 2.51. The quantitative estimate of drug-likeness (QED) is 0.622. The highest BCUT2D eigenvalue weighted by Gasteiger charge is 2.23. The molecule has 0 aliphatic carbocycles. The van der Waals surface area contributed by atoms with Gasteiger partial charge in [-0.1, -0.05) is 11.2 Å². The van der Waals surface area contributed by atoms with Gasteiger partial charge in [-0.2, -0.15) is 0 Å². The molecule has 0 saturated carbocycles. The number of ether oxygens (including phenoxy) is 2. The molecular weight excluding hydrogens is 258 g/mol. The summed E-state index contributed by atoms with van der Waals surface area (Å²) in [5, 5.41) is 5.88. The fourth-order valence-electron chi connectivity index (χ4n) is 2.24. The first kappa shape index (κ1) is 12.5. The number of benzene rings is 2. The Bertz CT molecular complexity index is 721. The molecule has 0 N–H and O–H groups in total. The third-order valence-electron chi connectivity index (χ3n) is 3.13. The number of oxime groups is 1. The number of carbonyl (C=O) groups is 1. The molecule has 1 aliphatic heterocycles. The zero-order chi connectivity index (χ0) is 14.1. The summed E-state index contributed by atoms with van der Waals surface area (Å²) in [5.74, 6) is 1.08. The molecule has 0 spiro atoms. The van der Waals surface area contributed by atoms with Gasteiger partial charge in [-0.25, -0.2) is 4.79 Å². The summed E-state index contributed by atoms with van der Waals surface area (Å²) in [5.41, 5.74) is 1.48. The van der Waals surface area contributed by atoms with Gasteiger partial charge in [0.2, 0.25) is 0 Å². The minimum atomic E-state index is -0.451. The van der Waals surface area contributed by atoms with E-state index in [1.807, 2.05) is 30.3 Å². The van der Waals surface area contributed by atoms with Gasteiger partial charge in [-0.3, -0.25) is 0 Å². The predicted molar refractivity (Wildman–Crippen MR) is 74.3 cm³/mol. The molecule has 1 aliphatic rings. The van der Waals surface area contributed by atoms with Crippen molar-refractivity contribution in [2.45, 2.75) is 6.92 Å². The maximum absolute atomic E-state index is 10.9. The molecule has 0 fully saturated rings. The first-order chi connectivity index (χ1) is 9.69. The van der Waals surface area contributed by atoms with Crippen LogP contribution < -0.4 is 9.47 Å². The van der Waals surface area contributed by atoms with E-state index in [2.05, 4.69) is 5.16 Å². The van der Waals surface area contributed by atoms with Crippen LogP contribution in [-0.2, 0) is 9.63 Å². The molecule has 0 atom stereocenters. The average Bonchev–Trinajstić information content (AvgIpc) is 2.87. The van der Waals surface area contributed by atoms with Crippen LogP contribution >= 0.6 is 0 Å². The van der Waals surface area contributed by atoms with Crippen LogP contribution in [0.4, 0.5) is 0 Å². The van der Waals surface area contributed by atoms with Gasteiger partial charge < -0.3 is 14.3 Å². The molecule has 20 heavy (non-hydrogen) atoms. The largest absolute Gasteiger partial charge is 0.497 e. The van der Waals surface area contributed by atoms with Gasteiger partial charge in [0, 0.05) is 6.92 Å². The van der Waals surface area contributed by atoms with Crippen LogP contribution in [0.1, 0.15) is 12.5 Å². The van der Waals surface area contributed by atoms with Gasteiger partial charge >= 0.3 is 5.97 Å². The van der Waals surface area contributed by atoms with E-state index < -0.39 is 5.97 Å². The van der Waals surface area contributed by atoms with Crippen LogP contribution in [-0.4, -0.2) is 25.4 Å². The average molecular weight is 271 g/mol. The third kappa shape index (κ3) is 2.07. The Hall–Kier alpha value is -2.56. The Morgan fingerprint density at radius 3 is 2.90 bits per heavy atom. The van der Waals surface area contributed by atoms with Crippen molar-refractivity contribution in [1.29, 1.82) is 0 Å². The second-order valence-corrected chi connectivity index (χ2v) is 4.44. The highest BCUT2D eigenvalue weighted by atomic mass is 16.7. The molecule has 0 radical (unpaired) electrons. The minimum Gasteiger partial charge on any atom is -0.497 e. The van der Waals surface area contributed by atoms with Gasteiger partial charge in [-0.05, 0) is 35.0 Å². The van der Waals surface area contributed by atoms with Gasteiger partial charge in [0.1, 0.15) is 23.8 Å². The van der Waals surface area contributed by atoms with E-state index in [-0.39, 0.29) is 0 Å². The van der Waals surface area contributed by atoms with Crippen molar-refractivity contribution >= 4 is 22.5 Å². The van der Waals surface area contributed by atoms with Crippen molar-refractivity contribution in [2.75, 3.05) is 13.7 Å². The molecule has 0 bridgehead atoms. The molecule has 0 amide bonds. The lowest BCUT2D eigenvalue weighted by atomic mass is 10.0. The van der Waals surface area contributed by atoms with Gasteiger partial charge in [0.15, 0.2) is 0 Å². The van der Waals surface area contributed by atoms with Crippen molar-refractivity contribution in [2.24, 2.45) is 5.16 Å². The summed E-state index contributed by atoms with van der Waals surface area (Å²) in [7, 11) is 1.63. The van der Waals surface area contributed by atoms with Crippen molar-refractivity contribution in [1.82, 2.24) is 0 Å². The zero-order valence-corrected chi connectivity index (χ0v) is 11.2. The van der Waals surface area contributed by atoms with Gasteiger partial charge in [-0.15, -0.1) is 0 Å². The van der Waals surface area contributed by atoms with Crippen molar-refractivity contribution in [3.8, 4) is 11.5 Å². The number of methoxy groups -OCH3 is 1. The highest BCUT2D eigenvalue weighted by molar-refractivity contribution is 6.15. The molecule has 2 aromatic carbocycles. The Labute approximate surface area is 115 Å². The second-order valence-electron chi connectivity index (χ2n) is 4.44. The highest BCUT2D eigenvalue weighted by Crippen LogP contribution is 2.34. The summed E-state index contributed by atoms with van der Waals surface area (Å²) < 4.78 is 10.8. The lowest BCUT2D eigenvalue weighted by molar-refractivity contribution is -0.140. The van der Waals surface area contributed by atoms with Crippen LogP contribution in [0.25, 0.3) is 10.8 Å². The minimum absolute atomic E-state index is 0.299. The number of carbonyl (C=O) groups excluding carboxylic acids is 1.